The zero-order chi connectivity index (χ0) is 18.0. The van der Waals surface area contributed by atoms with Crippen molar-refractivity contribution in [2.75, 3.05) is 14.2 Å². The summed E-state index contributed by atoms with van der Waals surface area (Å²) in [5.74, 6) is 0. The Morgan fingerprint density at radius 1 is 1.17 bits per heavy atom. The Hall–Kier alpha value is -0.360. The standard InChI is InChI=1S/C15H32N4O5/c1-6(16)8-5-4-7(17)15(23-8)24-13-9(18)11(20)14(22-3)10(19-2)12(13)21/h6-15,19-21H,4-5,16-18H2,1-3H3/t6-,7+,8-,9+,10-,11-,12+,13+,14+,15+/m0/s1. The lowest BCUT2D eigenvalue weighted by Gasteiger charge is -2.47. The third kappa shape index (κ3) is 3.90. The molecule has 0 aromatic carbocycles. The van der Waals surface area contributed by atoms with E-state index in [1.165, 1.54) is 7.11 Å². The van der Waals surface area contributed by atoms with E-state index in [9.17, 15) is 10.2 Å². The molecule has 1 saturated heterocycles. The molecular weight excluding hydrogens is 316 g/mol. The van der Waals surface area contributed by atoms with Gasteiger partial charge in [-0.3, -0.25) is 0 Å². The molecule has 0 bridgehead atoms. The lowest BCUT2D eigenvalue weighted by Crippen LogP contribution is -2.71. The predicted octanol–water partition coefficient (Wildman–Crippen LogP) is -2.78. The largest absolute Gasteiger partial charge is 0.389 e. The van der Waals surface area contributed by atoms with Crippen molar-refractivity contribution in [3.8, 4) is 0 Å². The zero-order valence-electron chi connectivity index (χ0n) is 14.5. The van der Waals surface area contributed by atoms with Crippen molar-refractivity contribution in [2.24, 2.45) is 17.2 Å². The minimum Gasteiger partial charge on any atom is -0.389 e. The number of hydrogen-bond acceptors (Lipinski definition) is 9. The van der Waals surface area contributed by atoms with Crippen LogP contribution in [0, 0.1) is 0 Å². The van der Waals surface area contributed by atoms with Gasteiger partial charge in [0.2, 0.25) is 0 Å². The molecule has 2 fully saturated rings. The van der Waals surface area contributed by atoms with E-state index in [1.54, 1.807) is 7.05 Å². The van der Waals surface area contributed by atoms with Gasteiger partial charge in [0.1, 0.15) is 12.2 Å². The average Bonchev–Trinajstić information content (AvgIpc) is 2.55. The van der Waals surface area contributed by atoms with Crippen LogP contribution < -0.4 is 22.5 Å². The lowest BCUT2D eigenvalue weighted by molar-refractivity contribution is -0.262. The van der Waals surface area contributed by atoms with Gasteiger partial charge in [0.15, 0.2) is 6.29 Å². The summed E-state index contributed by atoms with van der Waals surface area (Å²) in [7, 11) is 3.14. The van der Waals surface area contributed by atoms with Gasteiger partial charge in [0.25, 0.3) is 0 Å². The summed E-state index contributed by atoms with van der Waals surface area (Å²) < 4.78 is 17.0. The molecule has 1 aliphatic carbocycles. The second-order valence-electron chi connectivity index (χ2n) is 6.82. The van der Waals surface area contributed by atoms with Crippen LogP contribution in [-0.2, 0) is 14.2 Å². The van der Waals surface area contributed by atoms with Crippen molar-refractivity contribution in [1.29, 1.82) is 0 Å². The van der Waals surface area contributed by atoms with Gasteiger partial charge in [-0.2, -0.15) is 0 Å². The number of rotatable bonds is 5. The SMILES string of the molecule is CN[C@H]1[C@@H](O)[C@H](O[C@H]2O[C@H]([C@H](C)N)CC[C@H]2N)[C@H](N)[C@H](O)[C@@H]1OC. The average molecular weight is 348 g/mol. The van der Waals surface area contributed by atoms with Crippen LogP contribution in [0.4, 0.5) is 0 Å². The van der Waals surface area contributed by atoms with Crippen LogP contribution in [0.15, 0.2) is 0 Å². The molecule has 9 heteroatoms. The van der Waals surface area contributed by atoms with Gasteiger partial charge < -0.3 is 46.9 Å². The molecule has 2 aliphatic rings. The number of nitrogens with one attached hydrogen (secondary N) is 1. The molecule has 0 unspecified atom stereocenters. The molecule has 0 aromatic rings. The van der Waals surface area contributed by atoms with Gasteiger partial charge in [-0.1, -0.05) is 0 Å². The Bertz CT molecular complexity index is 402. The van der Waals surface area contributed by atoms with Gasteiger partial charge in [0.05, 0.1) is 36.4 Å². The highest BCUT2D eigenvalue weighted by atomic mass is 16.7. The van der Waals surface area contributed by atoms with Crippen LogP contribution in [0.1, 0.15) is 19.8 Å². The van der Waals surface area contributed by atoms with E-state index < -0.39 is 42.8 Å². The summed E-state index contributed by atoms with van der Waals surface area (Å²) in [4.78, 5) is 0. The quantitative estimate of drug-likeness (QED) is 0.309. The van der Waals surface area contributed by atoms with Crippen molar-refractivity contribution in [3.05, 3.63) is 0 Å². The molecule has 1 aliphatic heterocycles. The first-order valence-corrected chi connectivity index (χ1v) is 8.45. The molecule has 10 atom stereocenters. The van der Waals surface area contributed by atoms with Gasteiger partial charge in [-0.25, -0.2) is 0 Å². The van der Waals surface area contributed by atoms with E-state index in [4.69, 9.17) is 31.4 Å². The van der Waals surface area contributed by atoms with Gasteiger partial charge in [0, 0.05) is 13.2 Å². The van der Waals surface area contributed by atoms with E-state index in [2.05, 4.69) is 5.32 Å². The summed E-state index contributed by atoms with van der Waals surface area (Å²) in [5.41, 5.74) is 18.1. The maximum atomic E-state index is 10.6. The fraction of sp³-hybridized carbons (Fsp3) is 1.00. The van der Waals surface area contributed by atoms with Crippen molar-refractivity contribution >= 4 is 0 Å². The fourth-order valence-corrected chi connectivity index (χ4v) is 3.55. The Kier molecular flexibility index (Phi) is 6.94. The summed E-state index contributed by atoms with van der Waals surface area (Å²) in [6, 6.07) is -1.85. The van der Waals surface area contributed by atoms with E-state index in [1.807, 2.05) is 6.92 Å². The number of likely N-dealkylation sites (N-methyl/N-ethyl adjacent to an activating group) is 1. The van der Waals surface area contributed by atoms with Crippen LogP contribution in [0.3, 0.4) is 0 Å². The van der Waals surface area contributed by atoms with Crippen molar-refractivity contribution in [3.63, 3.8) is 0 Å². The minimum absolute atomic E-state index is 0.151. The summed E-state index contributed by atoms with van der Waals surface area (Å²) in [6.45, 7) is 1.86. The molecule has 2 rings (SSSR count). The maximum Gasteiger partial charge on any atom is 0.173 e. The number of aliphatic hydroxyl groups excluding tert-OH is 2. The number of ether oxygens (including phenoxy) is 3. The molecular formula is C15H32N4O5. The molecule has 0 radical (unpaired) electrons. The smallest absolute Gasteiger partial charge is 0.173 e. The highest BCUT2D eigenvalue weighted by Gasteiger charge is 2.50. The predicted molar refractivity (Wildman–Crippen MR) is 88.0 cm³/mol. The van der Waals surface area contributed by atoms with E-state index in [0.29, 0.717) is 6.42 Å². The first-order valence-electron chi connectivity index (χ1n) is 8.45. The second-order valence-corrected chi connectivity index (χ2v) is 6.82. The van der Waals surface area contributed by atoms with Crippen molar-refractivity contribution < 1.29 is 24.4 Å². The molecule has 9 nitrogen and oxygen atoms in total. The highest BCUT2D eigenvalue weighted by Crippen LogP contribution is 2.28. The monoisotopic (exact) mass is 348 g/mol. The Morgan fingerprint density at radius 2 is 1.83 bits per heavy atom. The van der Waals surface area contributed by atoms with Crippen molar-refractivity contribution in [2.45, 2.75) is 80.7 Å². The minimum atomic E-state index is -0.995. The van der Waals surface area contributed by atoms with Gasteiger partial charge in [-0.15, -0.1) is 0 Å². The van der Waals surface area contributed by atoms with Gasteiger partial charge in [-0.05, 0) is 26.8 Å². The van der Waals surface area contributed by atoms with Crippen LogP contribution in [-0.4, -0.2) is 85.3 Å². The Morgan fingerprint density at radius 3 is 2.38 bits per heavy atom. The highest BCUT2D eigenvalue weighted by molar-refractivity contribution is 5.05. The summed E-state index contributed by atoms with van der Waals surface area (Å²) in [5, 5.41) is 24.0. The number of aliphatic hydroxyl groups is 2. The number of nitrogens with two attached hydrogens (primary N) is 3. The molecule has 0 amide bonds. The Labute approximate surface area is 142 Å². The number of hydrogen-bond donors (Lipinski definition) is 6. The molecule has 0 spiro atoms. The van der Waals surface area contributed by atoms with Crippen LogP contribution in [0.2, 0.25) is 0 Å². The second kappa shape index (κ2) is 8.35. The van der Waals surface area contributed by atoms with Crippen LogP contribution in [0.25, 0.3) is 0 Å². The summed E-state index contributed by atoms with van der Waals surface area (Å²) >= 11 is 0. The maximum absolute atomic E-state index is 10.6. The van der Waals surface area contributed by atoms with E-state index in [0.717, 1.165) is 6.42 Å². The molecule has 1 saturated carbocycles. The molecule has 9 N–H and O–H groups in total. The third-order valence-corrected chi connectivity index (χ3v) is 5.10. The Balaban J connectivity index is 2.11. The first kappa shape index (κ1) is 20.0. The first-order chi connectivity index (χ1) is 11.3. The van der Waals surface area contributed by atoms with Gasteiger partial charge >= 0.3 is 0 Å². The lowest BCUT2D eigenvalue weighted by atomic mass is 9.81. The number of methoxy groups -OCH3 is 1. The molecule has 1 heterocycles. The van der Waals surface area contributed by atoms with Crippen LogP contribution >= 0.6 is 0 Å². The van der Waals surface area contributed by atoms with E-state index >= 15 is 0 Å². The third-order valence-electron chi connectivity index (χ3n) is 5.10. The molecule has 142 valence electrons. The molecule has 0 aromatic heterocycles. The van der Waals surface area contributed by atoms with Crippen molar-refractivity contribution in [1.82, 2.24) is 5.32 Å². The fourth-order valence-electron chi connectivity index (χ4n) is 3.55. The van der Waals surface area contributed by atoms with E-state index in [-0.39, 0.29) is 18.2 Å². The normalized spacial score (nSPS) is 48.2. The van der Waals surface area contributed by atoms with Crippen LogP contribution in [0.5, 0.6) is 0 Å². The topological polar surface area (TPSA) is 158 Å². The zero-order valence-corrected chi connectivity index (χ0v) is 14.5. The summed E-state index contributed by atoms with van der Waals surface area (Å²) in [6.07, 6.45) is -2.90. The molecule has 24 heavy (non-hydrogen) atoms.